The number of hydrogen-bond donors (Lipinski definition) is 0. The summed E-state index contributed by atoms with van der Waals surface area (Å²) >= 11 is 5.89. The Morgan fingerprint density at radius 3 is 2.55 bits per heavy atom. The first-order chi connectivity index (χ1) is 10.4. The molecule has 0 saturated carbocycles. The van der Waals surface area contributed by atoms with Gasteiger partial charge in [-0.05, 0) is 44.4 Å². The van der Waals surface area contributed by atoms with Crippen molar-refractivity contribution in [2.24, 2.45) is 5.41 Å². The van der Waals surface area contributed by atoms with E-state index in [1.54, 1.807) is 37.3 Å². The van der Waals surface area contributed by atoms with Gasteiger partial charge in [-0.3, -0.25) is 4.79 Å². The largest absolute Gasteiger partial charge is 0.549 e. The molecule has 4 nitrogen and oxygen atoms in total. The van der Waals surface area contributed by atoms with Crippen LogP contribution in [-0.2, 0) is 14.3 Å². The van der Waals surface area contributed by atoms with Gasteiger partial charge in [0, 0.05) is 10.9 Å². The van der Waals surface area contributed by atoms with Crippen LogP contribution in [0.5, 0.6) is 0 Å². The summed E-state index contributed by atoms with van der Waals surface area (Å²) in [5.41, 5.74) is 0.0961. The van der Waals surface area contributed by atoms with Crippen LogP contribution in [0.25, 0.3) is 0 Å². The van der Waals surface area contributed by atoms with Gasteiger partial charge in [-0.25, -0.2) is 0 Å². The SMILES string of the molecule is CCOC(=O)[C@]1(C(=O)[O-])CC=C(C)C[C@@H]1c1ccc(Cl)cc1. The monoisotopic (exact) mass is 321 g/mol. The molecule has 0 radical (unpaired) electrons. The van der Waals surface area contributed by atoms with Gasteiger partial charge >= 0.3 is 5.97 Å². The quantitative estimate of drug-likeness (QED) is 0.485. The maximum absolute atomic E-state index is 12.4. The second-order valence-electron chi connectivity index (χ2n) is 5.54. The maximum Gasteiger partial charge on any atom is 0.318 e. The Kier molecular flexibility index (Phi) is 4.91. The van der Waals surface area contributed by atoms with Gasteiger partial charge in [0.2, 0.25) is 0 Å². The number of esters is 1. The molecule has 0 unspecified atom stereocenters. The number of hydrogen-bond acceptors (Lipinski definition) is 4. The highest BCUT2D eigenvalue weighted by Gasteiger charge is 2.50. The smallest absolute Gasteiger partial charge is 0.318 e. The second-order valence-corrected chi connectivity index (χ2v) is 5.98. The Hall–Kier alpha value is -1.81. The molecule has 1 aromatic carbocycles. The van der Waals surface area contributed by atoms with E-state index in [1.807, 2.05) is 6.92 Å². The number of rotatable bonds is 4. The molecular weight excluding hydrogens is 304 g/mol. The van der Waals surface area contributed by atoms with E-state index in [4.69, 9.17) is 16.3 Å². The number of carbonyl (C=O) groups excluding carboxylic acids is 2. The van der Waals surface area contributed by atoms with Gasteiger partial charge in [0.15, 0.2) is 0 Å². The van der Waals surface area contributed by atoms with E-state index in [0.29, 0.717) is 11.4 Å². The van der Waals surface area contributed by atoms with Crippen LogP contribution in [0.4, 0.5) is 0 Å². The molecule has 0 aliphatic heterocycles. The lowest BCUT2D eigenvalue weighted by Crippen LogP contribution is -2.53. The fraction of sp³-hybridized carbons (Fsp3) is 0.412. The Labute approximate surface area is 134 Å². The summed E-state index contributed by atoms with van der Waals surface area (Å²) in [4.78, 5) is 24.3. The van der Waals surface area contributed by atoms with Gasteiger partial charge in [0.25, 0.3) is 0 Å². The van der Waals surface area contributed by atoms with Gasteiger partial charge in [0.05, 0.1) is 12.6 Å². The highest BCUT2D eigenvalue weighted by Crippen LogP contribution is 2.47. The lowest BCUT2D eigenvalue weighted by molar-refractivity contribution is -0.319. The molecule has 0 fully saturated rings. The Morgan fingerprint density at radius 2 is 2.00 bits per heavy atom. The third-order valence-electron chi connectivity index (χ3n) is 4.17. The third-order valence-corrected chi connectivity index (χ3v) is 4.42. The molecule has 1 aliphatic rings. The molecule has 1 aromatic rings. The molecule has 0 N–H and O–H groups in total. The maximum atomic E-state index is 12.4. The van der Waals surface area contributed by atoms with E-state index in [0.717, 1.165) is 11.1 Å². The van der Waals surface area contributed by atoms with Crippen LogP contribution in [0, 0.1) is 5.41 Å². The molecule has 2 atom stereocenters. The normalized spacial score (nSPS) is 24.5. The number of aliphatic carboxylic acids is 1. The molecule has 0 saturated heterocycles. The number of allylic oxidation sites excluding steroid dienone is 2. The fourth-order valence-corrected chi connectivity index (χ4v) is 3.07. The van der Waals surface area contributed by atoms with E-state index in [-0.39, 0.29) is 13.0 Å². The highest BCUT2D eigenvalue weighted by atomic mass is 35.5. The molecule has 1 aliphatic carbocycles. The number of carboxylic acid groups (broad SMARTS) is 1. The zero-order valence-corrected chi connectivity index (χ0v) is 13.4. The lowest BCUT2D eigenvalue weighted by atomic mass is 9.64. The summed E-state index contributed by atoms with van der Waals surface area (Å²) in [6, 6.07) is 6.89. The van der Waals surface area contributed by atoms with Gasteiger partial charge in [-0.2, -0.15) is 0 Å². The van der Waals surface area contributed by atoms with Gasteiger partial charge < -0.3 is 14.6 Å². The number of halogens is 1. The Morgan fingerprint density at radius 1 is 1.36 bits per heavy atom. The van der Waals surface area contributed by atoms with E-state index in [9.17, 15) is 14.7 Å². The first-order valence-electron chi connectivity index (χ1n) is 7.21. The highest BCUT2D eigenvalue weighted by molar-refractivity contribution is 6.30. The van der Waals surface area contributed by atoms with Crippen molar-refractivity contribution in [3.05, 3.63) is 46.5 Å². The van der Waals surface area contributed by atoms with Crippen molar-refractivity contribution >= 4 is 23.5 Å². The van der Waals surface area contributed by atoms with Crippen molar-refractivity contribution in [2.45, 2.75) is 32.6 Å². The number of benzene rings is 1. The van der Waals surface area contributed by atoms with Crippen LogP contribution < -0.4 is 5.11 Å². The molecule has 0 bridgehead atoms. The Bertz CT molecular complexity index is 606. The topological polar surface area (TPSA) is 66.4 Å². The second kappa shape index (κ2) is 6.53. The average molecular weight is 322 g/mol. The molecule has 0 heterocycles. The zero-order chi connectivity index (χ0) is 16.3. The fourth-order valence-electron chi connectivity index (χ4n) is 2.95. The summed E-state index contributed by atoms with van der Waals surface area (Å²) < 4.78 is 5.04. The third kappa shape index (κ3) is 2.88. The molecule has 0 spiro atoms. The standard InChI is InChI=1S/C17H19ClO4/c1-3-22-16(21)17(15(19)20)9-8-11(2)10-14(17)12-4-6-13(18)7-5-12/h4-8,14H,3,9-10H2,1-2H3,(H,19,20)/p-1/t14-,17-/m1/s1. The molecular formula is C17H18ClO4-. The molecule has 5 heteroatoms. The van der Waals surface area contributed by atoms with Crippen molar-refractivity contribution < 1.29 is 19.4 Å². The van der Waals surface area contributed by atoms with E-state index >= 15 is 0 Å². The van der Waals surface area contributed by atoms with Crippen molar-refractivity contribution in [3.63, 3.8) is 0 Å². The van der Waals surface area contributed by atoms with Crippen LogP contribution in [0.3, 0.4) is 0 Å². The van der Waals surface area contributed by atoms with Crippen molar-refractivity contribution in [1.29, 1.82) is 0 Å². The van der Waals surface area contributed by atoms with E-state index in [2.05, 4.69) is 0 Å². The van der Waals surface area contributed by atoms with Crippen molar-refractivity contribution in [1.82, 2.24) is 0 Å². The van der Waals surface area contributed by atoms with Gasteiger partial charge in [-0.15, -0.1) is 0 Å². The first-order valence-corrected chi connectivity index (χ1v) is 7.59. The Balaban J connectivity index is 2.54. The number of carboxylic acids is 1. The van der Waals surface area contributed by atoms with Gasteiger partial charge in [0.1, 0.15) is 5.41 Å². The van der Waals surface area contributed by atoms with Crippen LogP contribution in [0.2, 0.25) is 5.02 Å². The lowest BCUT2D eigenvalue weighted by Gasteiger charge is -2.42. The predicted octanol–water partition coefficient (Wildman–Crippen LogP) is 2.46. The van der Waals surface area contributed by atoms with Crippen LogP contribution in [0.1, 0.15) is 38.2 Å². The predicted molar refractivity (Wildman–Crippen MR) is 81.3 cm³/mol. The number of carbonyl (C=O) groups is 2. The summed E-state index contributed by atoms with van der Waals surface area (Å²) in [7, 11) is 0. The molecule has 0 amide bonds. The number of ether oxygens (including phenoxy) is 1. The van der Waals surface area contributed by atoms with Crippen LogP contribution >= 0.6 is 11.6 Å². The van der Waals surface area contributed by atoms with Crippen molar-refractivity contribution in [3.8, 4) is 0 Å². The van der Waals surface area contributed by atoms with Crippen LogP contribution in [0.15, 0.2) is 35.9 Å². The summed E-state index contributed by atoms with van der Waals surface area (Å²) in [6.07, 6.45) is 2.32. The summed E-state index contributed by atoms with van der Waals surface area (Å²) in [5, 5.41) is 12.4. The molecule has 0 aromatic heterocycles. The first kappa shape index (κ1) is 16.6. The van der Waals surface area contributed by atoms with Gasteiger partial charge in [-0.1, -0.05) is 35.4 Å². The minimum atomic E-state index is -1.69. The minimum Gasteiger partial charge on any atom is -0.549 e. The molecule has 22 heavy (non-hydrogen) atoms. The van der Waals surface area contributed by atoms with Crippen LogP contribution in [-0.4, -0.2) is 18.5 Å². The van der Waals surface area contributed by atoms with E-state index in [1.165, 1.54) is 0 Å². The summed E-state index contributed by atoms with van der Waals surface area (Å²) in [6.45, 7) is 3.71. The zero-order valence-electron chi connectivity index (χ0n) is 12.6. The molecule has 118 valence electrons. The minimum absolute atomic E-state index is 0.0767. The molecule has 2 rings (SSSR count). The summed E-state index contributed by atoms with van der Waals surface area (Å²) in [5.74, 6) is -2.66. The average Bonchev–Trinajstić information content (AvgIpc) is 2.48. The van der Waals surface area contributed by atoms with E-state index < -0.39 is 23.3 Å². The van der Waals surface area contributed by atoms with Crippen molar-refractivity contribution in [2.75, 3.05) is 6.61 Å².